The van der Waals surface area contributed by atoms with E-state index in [1.807, 2.05) is 30.3 Å². The zero-order valence-electron chi connectivity index (χ0n) is 13.2. The summed E-state index contributed by atoms with van der Waals surface area (Å²) in [5.74, 6) is -1.26. The van der Waals surface area contributed by atoms with E-state index in [9.17, 15) is 14.7 Å². The number of carbonyl (C=O) groups excluding carboxylic acids is 1. The Hall–Kier alpha value is -2.04. The largest absolute Gasteiger partial charge is 0.481 e. The molecular weight excluding hydrogens is 282 g/mol. The van der Waals surface area contributed by atoms with Crippen LogP contribution in [0.3, 0.4) is 0 Å². The maximum absolute atomic E-state index is 12.0. The van der Waals surface area contributed by atoms with E-state index in [4.69, 9.17) is 4.74 Å². The molecule has 120 valence electrons. The van der Waals surface area contributed by atoms with Crippen molar-refractivity contribution in [3.8, 4) is 0 Å². The third-order valence-corrected chi connectivity index (χ3v) is 3.84. The lowest BCUT2D eigenvalue weighted by Crippen LogP contribution is -2.40. The van der Waals surface area contributed by atoms with E-state index < -0.39 is 23.6 Å². The van der Waals surface area contributed by atoms with Crippen molar-refractivity contribution in [2.75, 3.05) is 0 Å². The van der Waals surface area contributed by atoms with Gasteiger partial charge in [0.2, 0.25) is 0 Å². The van der Waals surface area contributed by atoms with Crippen LogP contribution in [0.15, 0.2) is 30.3 Å². The standard InChI is InChI=1S/C17H23NO4/c1-17(2,3)22-16(21)18-14-10-12(15(19)20)9-13(14)11-7-5-4-6-8-11/h4-8,12-14H,9-10H2,1-3H3,(H,18,21)(H,19,20)/t12-,13+,14-/m1/s1. The molecule has 2 rings (SSSR count). The van der Waals surface area contributed by atoms with Crippen LogP contribution in [-0.4, -0.2) is 28.8 Å². The summed E-state index contributed by atoms with van der Waals surface area (Å²) < 4.78 is 5.28. The highest BCUT2D eigenvalue weighted by Crippen LogP contribution is 2.38. The highest BCUT2D eigenvalue weighted by atomic mass is 16.6. The Labute approximate surface area is 130 Å². The second-order valence-corrected chi connectivity index (χ2v) is 6.78. The molecule has 0 aliphatic heterocycles. The SMILES string of the molecule is CC(C)(C)OC(=O)N[C@@H]1C[C@H](C(=O)O)C[C@H]1c1ccccc1. The van der Waals surface area contributed by atoms with Crippen molar-refractivity contribution in [2.45, 2.75) is 51.2 Å². The Morgan fingerprint density at radius 3 is 2.36 bits per heavy atom. The highest BCUT2D eigenvalue weighted by Gasteiger charge is 2.40. The predicted molar refractivity (Wildman–Crippen MR) is 82.7 cm³/mol. The summed E-state index contributed by atoms with van der Waals surface area (Å²) in [7, 11) is 0. The summed E-state index contributed by atoms with van der Waals surface area (Å²) in [5, 5.41) is 12.1. The fourth-order valence-corrected chi connectivity index (χ4v) is 2.93. The van der Waals surface area contributed by atoms with Gasteiger partial charge in [-0.15, -0.1) is 0 Å². The molecule has 2 N–H and O–H groups in total. The normalized spacial score (nSPS) is 24.8. The molecule has 1 amide bonds. The van der Waals surface area contributed by atoms with Crippen LogP contribution < -0.4 is 5.32 Å². The van der Waals surface area contributed by atoms with Crippen molar-refractivity contribution in [3.05, 3.63) is 35.9 Å². The van der Waals surface area contributed by atoms with Crippen molar-refractivity contribution >= 4 is 12.1 Å². The van der Waals surface area contributed by atoms with Crippen molar-refractivity contribution < 1.29 is 19.4 Å². The van der Waals surface area contributed by atoms with Crippen molar-refractivity contribution in [3.63, 3.8) is 0 Å². The molecule has 0 saturated heterocycles. The van der Waals surface area contributed by atoms with Crippen LogP contribution in [0.4, 0.5) is 4.79 Å². The van der Waals surface area contributed by atoms with E-state index in [-0.39, 0.29) is 12.0 Å². The summed E-state index contributed by atoms with van der Waals surface area (Å²) >= 11 is 0. The van der Waals surface area contributed by atoms with E-state index in [2.05, 4.69) is 5.32 Å². The number of hydrogen-bond acceptors (Lipinski definition) is 3. The van der Waals surface area contributed by atoms with Gasteiger partial charge in [0.05, 0.1) is 5.92 Å². The lowest BCUT2D eigenvalue weighted by Gasteiger charge is -2.25. The van der Waals surface area contributed by atoms with Crippen LogP contribution in [0.25, 0.3) is 0 Å². The van der Waals surface area contributed by atoms with E-state index in [0.29, 0.717) is 12.8 Å². The molecular formula is C17H23NO4. The Bertz CT molecular complexity index is 535. The first-order valence-electron chi connectivity index (χ1n) is 7.53. The molecule has 5 heteroatoms. The molecule has 3 atom stereocenters. The molecule has 22 heavy (non-hydrogen) atoms. The molecule has 0 heterocycles. The van der Waals surface area contributed by atoms with Crippen molar-refractivity contribution in [1.82, 2.24) is 5.32 Å². The van der Waals surface area contributed by atoms with Gasteiger partial charge in [-0.2, -0.15) is 0 Å². The van der Waals surface area contributed by atoms with Gasteiger partial charge in [-0.1, -0.05) is 30.3 Å². The van der Waals surface area contributed by atoms with Gasteiger partial charge in [-0.3, -0.25) is 4.79 Å². The molecule has 0 aromatic heterocycles. The zero-order chi connectivity index (χ0) is 16.3. The fourth-order valence-electron chi connectivity index (χ4n) is 2.93. The quantitative estimate of drug-likeness (QED) is 0.899. The predicted octanol–water partition coefficient (Wildman–Crippen LogP) is 3.16. The minimum atomic E-state index is -0.811. The topological polar surface area (TPSA) is 75.6 Å². The second kappa shape index (κ2) is 6.38. The van der Waals surface area contributed by atoms with E-state index in [1.54, 1.807) is 20.8 Å². The Balaban J connectivity index is 2.12. The first-order valence-corrected chi connectivity index (χ1v) is 7.53. The van der Waals surface area contributed by atoms with Crippen LogP contribution in [0.2, 0.25) is 0 Å². The number of alkyl carbamates (subject to hydrolysis) is 1. The van der Waals surface area contributed by atoms with Crippen LogP contribution in [0, 0.1) is 5.92 Å². The van der Waals surface area contributed by atoms with Gasteiger partial charge in [0.25, 0.3) is 0 Å². The number of carboxylic acids is 1. The molecule has 0 unspecified atom stereocenters. The lowest BCUT2D eigenvalue weighted by atomic mass is 9.93. The number of aliphatic carboxylic acids is 1. The molecule has 1 aliphatic carbocycles. The van der Waals surface area contributed by atoms with Gasteiger partial charge < -0.3 is 15.2 Å². The number of nitrogens with one attached hydrogen (secondary N) is 1. The highest BCUT2D eigenvalue weighted by molar-refractivity contribution is 5.72. The third-order valence-electron chi connectivity index (χ3n) is 3.84. The van der Waals surface area contributed by atoms with E-state index in [0.717, 1.165) is 5.56 Å². The summed E-state index contributed by atoms with van der Waals surface area (Å²) in [5.41, 5.74) is 0.476. The summed E-state index contributed by atoms with van der Waals surface area (Å²) in [6.45, 7) is 5.40. The minimum Gasteiger partial charge on any atom is -0.481 e. The van der Waals surface area contributed by atoms with Crippen molar-refractivity contribution in [2.24, 2.45) is 5.92 Å². The average molecular weight is 305 g/mol. The van der Waals surface area contributed by atoms with Crippen molar-refractivity contribution in [1.29, 1.82) is 0 Å². The van der Waals surface area contributed by atoms with Gasteiger partial charge in [0, 0.05) is 12.0 Å². The number of amides is 1. The zero-order valence-corrected chi connectivity index (χ0v) is 13.2. The number of ether oxygens (including phenoxy) is 1. The Morgan fingerprint density at radius 2 is 1.82 bits per heavy atom. The van der Waals surface area contributed by atoms with E-state index in [1.165, 1.54) is 0 Å². The summed E-state index contributed by atoms with van der Waals surface area (Å²) in [4.78, 5) is 23.3. The molecule has 1 aromatic carbocycles. The van der Waals surface area contributed by atoms with E-state index >= 15 is 0 Å². The van der Waals surface area contributed by atoms with Crippen LogP contribution in [0.1, 0.15) is 45.1 Å². The van der Waals surface area contributed by atoms with Gasteiger partial charge >= 0.3 is 12.1 Å². The molecule has 1 aromatic rings. The Kier molecular flexibility index (Phi) is 4.74. The van der Waals surface area contributed by atoms with Crippen LogP contribution in [-0.2, 0) is 9.53 Å². The van der Waals surface area contributed by atoms with Crippen LogP contribution in [0.5, 0.6) is 0 Å². The third kappa shape index (κ3) is 4.23. The molecule has 1 saturated carbocycles. The first-order chi connectivity index (χ1) is 10.3. The van der Waals surface area contributed by atoms with Gasteiger partial charge in [-0.25, -0.2) is 4.79 Å². The fraction of sp³-hybridized carbons (Fsp3) is 0.529. The van der Waals surface area contributed by atoms with Crippen LogP contribution >= 0.6 is 0 Å². The maximum Gasteiger partial charge on any atom is 0.407 e. The monoisotopic (exact) mass is 305 g/mol. The number of carbonyl (C=O) groups is 2. The molecule has 0 radical (unpaired) electrons. The summed E-state index contributed by atoms with van der Waals surface area (Å²) in [6.07, 6.45) is 0.456. The number of hydrogen-bond donors (Lipinski definition) is 2. The second-order valence-electron chi connectivity index (χ2n) is 6.78. The number of carboxylic acid groups (broad SMARTS) is 1. The molecule has 1 aliphatic rings. The maximum atomic E-state index is 12.0. The van der Waals surface area contributed by atoms with Gasteiger partial charge in [0.15, 0.2) is 0 Å². The first kappa shape index (κ1) is 16.3. The van der Waals surface area contributed by atoms with Gasteiger partial charge in [-0.05, 0) is 39.2 Å². The number of benzene rings is 1. The lowest BCUT2D eigenvalue weighted by molar-refractivity contribution is -0.141. The summed E-state index contributed by atoms with van der Waals surface area (Å²) in [6, 6.07) is 9.49. The minimum absolute atomic E-state index is 0.00480. The molecule has 5 nitrogen and oxygen atoms in total. The number of rotatable bonds is 3. The molecule has 0 spiro atoms. The smallest absolute Gasteiger partial charge is 0.407 e. The van der Waals surface area contributed by atoms with Gasteiger partial charge in [0.1, 0.15) is 5.60 Å². The Morgan fingerprint density at radius 1 is 1.18 bits per heavy atom. The molecule has 0 bridgehead atoms. The average Bonchev–Trinajstić information content (AvgIpc) is 2.81. The molecule has 1 fully saturated rings.